The van der Waals surface area contributed by atoms with E-state index in [4.69, 9.17) is 21.1 Å². The molecule has 3 rings (SSSR count). The van der Waals surface area contributed by atoms with E-state index in [-0.39, 0.29) is 16.8 Å². The molecule has 0 aliphatic rings. The number of anilines is 1. The van der Waals surface area contributed by atoms with Gasteiger partial charge in [0.05, 0.1) is 36.7 Å². The van der Waals surface area contributed by atoms with Crippen LogP contribution in [0.25, 0.3) is 5.69 Å². The van der Waals surface area contributed by atoms with Gasteiger partial charge in [-0.05, 0) is 36.8 Å². The van der Waals surface area contributed by atoms with Crippen LogP contribution in [0.2, 0.25) is 5.02 Å². The Morgan fingerprint density at radius 2 is 1.80 bits per heavy atom. The largest absolute Gasteiger partial charge is 0.493 e. The number of nitro groups is 1. The molecule has 0 amide bonds. The molecule has 10 heteroatoms. The fraction of sp³-hybridized carbons (Fsp3) is 0.200. The first-order valence-corrected chi connectivity index (χ1v) is 9.24. The lowest BCUT2D eigenvalue weighted by atomic mass is 10.1. The zero-order valence-corrected chi connectivity index (χ0v) is 17.2. The van der Waals surface area contributed by atoms with Crippen molar-refractivity contribution in [3.05, 3.63) is 79.7 Å². The van der Waals surface area contributed by atoms with Crippen molar-refractivity contribution in [2.45, 2.75) is 13.0 Å². The molecule has 1 N–H and O–H groups in total. The number of rotatable bonds is 7. The number of aromatic nitrogens is 2. The van der Waals surface area contributed by atoms with Crippen molar-refractivity contribution in [3.8, 4) is 17.2 Å². The van der Waals surface area contributed by atoms with Gasteiger partial charge in [0, 0.05) is 18.2 Å². The third-order valence-electron chi connectivity index (χ3n) is 4.50. The number of nitro benzene ring substituents is 1. The maximum atomic E-state index is 12.7. The summed E-state index contributed by atoms with van der Waals surface area (Å²) in [6, 6.07) is 10.7. The molecule has 0 fully saturated rings. The van der Waals surface area contributed by atoms with Gasteiger partial charge in [0.15, 0.2) is 11.5 Å². The fourth-order valence-electron chi connectivity index (χ4n) is 2.87. The highest BCUT2D eigenvalue weighted by atomic mass is 35.5. The molecule has 1 heterocycles. The molecule has 3 aromatic rings. The molecule has 9 nitrogen and oxygen atoms in total. The first-order chi connectivity index (χ1) is 14.3. The summed E-state index contributed by atoms with van der Waals surface area (Å²) in [4.78, 5) is 22.9. The average Bonchev–Trinajstić information content (AvgIpc) is 2.76. The molecule has 0 spiro atoms. The Balaban J connectivity index is 1.87. The van der Waals surface area contributed by atoms with Gasteiger partial charge in [0.1, 0.15) is 5.02 Å². The maximum Gasteiger partial charge on any atom is 0.292 e. The van der Waals surface area contributed by atoms with Gasteiger partial charge in [-0.15, -0.1) is 0 Å². The average molecular weight is 431 g/mol. The number of hydrogen-bond donors (Lipinski definition) is 1. The van der Waals surface area contributed by atoms with Crippen LogP contribution in [0.5, 0.6) is 11.5 Å². The van der Waals surface area contributed by atoms with E-state index in [9.17, 15) is 14.9 Å². The third kappa shape index (κ3) is 4.20. The van der Waals surface area contributed by atoms with Gasteiger partial charge >= 0.3 is 0 Å². The van der Waals surface area contributed by atoms with Crippen LogP contribution in [-0.2, 0) is 0 Å². The Morgan fingerprint density at radius 1 is 1.13 bits per heavy atom. The monoisotopic (exact) mass is 430 g/mol. The van der Waals surface area contributed by atoms with Crippen molar-refractivity contribution in [2.75, 3.05) is 19.5 Å². The highest BCUT2D eigenvalue weighted by Gasteiger charge is 2.16. The van der Waals surface area contributed by atoms with Crippen LogP contribution in [0.15, 0.2) is 53.5 Å². The molecule has 0 radical (unpaired) electrons. The normalized spacial score (nSPS) is 11.6. The van der Waals surface area contributed by atoms with Crippen LogP contribution in [0.1, 0.15) is 18.5 Å². The van der Waals surface area contributed by atoms with E-state index < -0.39 is 10.5 Å². The van der Waals surface area contributed by atoms with Crippen LogP contribution in [-0.4, -0.2) is 28.9 Å². The SMILES string of the molecule is COc1ccc(C(C)Nc2cnn(-c3ccc([N+](=O)[O-])cc3)c(=O)c2Cl)cc1OC. The lowest BCUT2D eigenvalue weighted by molar-refractivity contribution is -0.384. The highest BCUT2D eigenvalue weighted by molar-refractivity contribution is 6.33. The molecule has 1 aromatic heterocycles. The third-order valence-corrected chi connectivity index (χ3v) is 4.87. The topological polar surface area (TPSA) is 109 Å². The predicted molar refractivity (Wildman–Crippen MR) is 113 cm³/mol. The summed E-state index contributed by atoms with van der Waals surface area (Å²) in [5.74, 6) is 1.19. The fourth-order valence-corrected chi connectivity index (χ4v) is 3.06. The number of benzene rings is 2. The molecular weight excluding hydrogens is 412 g/mol. The molecule has 2 aromatic carbocycles. The van der Waals surface area contributed by atoms with Crippen LogP contribution < -0.4 is 20.3 Å². The van der Waals surface area contributed by atoms with Crippen LogP contribution in [0, 0.1) is 10.1 Å². The molecule has 0 saturated heterocycles. The predicted octanol–water partition coefficient (Wildman–Crippen LogP) is 3.98. The zero-order chi connectivity index (χ0) is 21.8. The second-order valence-electron chi connectivity index (χ2n) is 6.34. The van der Waals surface area contributed by atoms with Crippen molar-refractivity contribution < 1.29 is 14.4 Å². The van der Waals surface area contributed by atoms with Crippen LogP contribution >= 0.6 is 11.6 Å². The first kappa shape index (κ1) is 21.1. The summed E-state index contributed by atoms with van der Waals surface area (Å²) >= 11 is 6.28. The van der Waals surface area contributed by atoms with E-state index in [0.717, 1.165) is 10.2 Å². The molecule has 1 unspecified atom stereocenters. The van der Waals surface area contributed by atoms with E-state index in [0.29, 0.717) is 22.9 Å². The minimum absolute atomic E-state index is 0.0457. The summed E-state index contributed by atoms with van der Waals surface area (Å²) in [5.41, 5.74) is 0.993. The van der Waals surface area contributed by atoms with Gasteiger partial charge < -0.3 is 14.8 Å². The molecule has 0 bridgehead atoms. The second-order valence-corrected chi connectivity index (χ2v) is 6.72. The van der Waals surface area contributed by atoms with E-state index in [1.54, 1.807) is 20.3 Å². The number of nitrogens with one attached hydrogen (secondary N) is 1. The second kappa shape index (κ2) is 8.83. The van der Waals surface area contributed by atoms with Gasteiger partial charge in [0.25, 0.3) is 11.2 Å². The highest BCUT2D eigenvalue weighted by Crippen LogP contribution is 2.31. The Morgan fingerprint density at radius 3 is 2.40 bits per heavy atom. The van der Waals surface area contributed by atoms with Gasteiger partial charge in [-0.3, -0.25) is 14.9 Å². The number of non-ortho nitro benzene ring substituents is 1. The summed E-state index contributed by atoms with van der Waals surface area (Å²) in [6.45, 7) is 1.90. The maximum absolute atomic E-state index is 12.7. The lowest BCUT2D eigenvalue weighted by Crippen LogP contribution is -2.23. The van der Waals surface area contributed by atoms with Gasteiger partial charge in [-0.1, -0.05) is 17.7 Å². The standard InChI is InChI=1S/C20H19ClN4O5/c1-12(13-4-9-17(29-2)18(10-13)30-3)23-16-11-22-24(20(26)19(16)21)14-5-7-15(8-6-14)25(27)28/h4-12,23H,1-3H3. The van der Waals surface area contributed by atoms with E-state index in [1.165, 1.54) is 30.5 Å². The van der Waals surface area contributed by atoms with Crippen molar-refractivity contribution in [1.29, 1.82) is 0 Å². The molecule has 0 aliphatic heterocycles. The Kier molecular flexibility index (Phi) is 6.22. The summed E-state index contributed by atoms with van der Waals surface area (Å²) in [5, 5.41) is 18.0. The Labute approximate surface area is 177 Å². The van der Waals surface area contributed by atoms with Crippen molar-refractivity contribution >= 4 is 23.0 Å². The van der Waals surface area contributed by atoms with Gasteiger partial charge in [-0.2, -0.15) is 9.78 Å². The van der Waals surface area contributed by atoms with E-state index >= 15 is 0 Å². The van der Waals surface area contributed by atoms with E-state index in [1.807, 2.05) is 19.1 Å². The van der Waals surface area contributed by atoms with E-state index in [2.05, 4.69) is 10.4 Å². The number of ether oxygens (including phenoxy) is 2. The zero-order valence-electron chi connectivity index (χ0n) is 16.5. The molecule has 0 aliphatic carbocycles. The molecular formula is C20H19ClN4O5. The van der Waals surface area contributed by atoms with Crippen molar-refractivity contribution in [3.63, 3.8) is 0 Å². The Bertz CT molecular complexity index is 1130. The van der Waals surface area contributed by atoms with Crippen LogP contribution in [0.4, 0.5) is 11.4 Å². The number of methoxy groups -OCH3 is 2. The first-order valence-electron chi connectivity index (χ1n) is 8.86. The summed E-state index contributed by atoms with van der Waals surface area (Å²) in [7, 11) is 3.11. The molecule has 156 valence electrons. The lowest BCUT2D eigenvalue weighted by Gasteiger charge is -2.18. The molecule has 30 heavy (non-hydrogen) atoms. The Hall–Kier alpha value is -3.59. The van der Waals surface area contributed by atoms with Gasteiger partial charge in [0.2, 0.25) is 0 Å². The molecule has 0 saturated carbocycles. The summed E-state index contributed by atoms with van der Waals surface area (Å²) in [6.07, 6.45) is 1.43. The minimum Gasteiger partial charge on any atom is -0.493 e. The van der Waals surface area contributed by atoms with Crippen molar-refractivity contribution in [2.24, 2.45) is 0 Å². The number of nitrogens with zero attached hydrogens (tertiary/aromatic N) is 3. The van der Waals surface area contributed by atoms with Crippen molar-refractivity contribution in [1.82, 2.24) is 9.78 Å². The number of halogens is 1. The molecule has 1 atom stereocenters. The van der Waals surface area contributed by atoms with Crippen LogP contribution in [0.3, 0.4) is 0 Å². The minimum atomic E-state index is -0.546. The number of hydrogen-bond acceptors (Lipinski definition) is 7. The summed E-state index contributed by atoms with van der Waals surface area (Å²) < 4.78 is 11.6. The van der Waals surface area contributed by atoms with Gasteiger partial charge in [-0.25, -0.2) is 0 Å². The smallest absolute Gasteiger partial charge is 0.292 e. The quantitative estimate of drug-likeness (QED) is 0.446.